The molecule has 1 aliphatic heterocycles. The highest BCUT2D eigenvalue weighted by Gasteiger charge is 2.33. The molecule has 0 bridgehead atoms. The van der Waals surface area contributed by atoms with E-state index >= 15 is 0 Å². The van der Waals surface area contributed by atoms with Crippen molar-refractivity contribution in [1.29, 1.82) is 0 Å². The second-order valence-electron chi connectivity index (χ2n) is 4.60. The number of likely N-dealkylation sites (tertiary alicyclic amines) is 1. The lowest BCUT2D eigenvalue weighted by Gasteiger charge is -2.38. The van der Waals surface area contributed by atoms with Gasteiger partial charge in [-0.15, -0.1) is 0 Å². The predicted octanol–water partition coefficient (Wildman–Crippen LogP) is 2.60. The summed E-state index contributed by atoms with van der Waals surface area (Å²) >= 11 is 0. The SMILES string of the molecule is O=C(NC(c1ccccc1)C(F)F)N1CC(CF)C1. The van der Waals surface area contributed by atoms with Crippen molar-refractivity contribution < 1.29 is 18.0 Å². The zero-order valence-electron chi connectivity index (χ0n) is 10.2. The van der Waals surface area contributed by atoms with Gasteiger partial charge in [0.2, 0.25) is 0 Å². The summed E-state index contributed by atoms with van der Waals surface area (Å²) in [6, 6.07) is 6.17. The maximum atomic E-state index is 13.0. The van der Waals surface area contributed by atoms with Crippen molar-refractivity contribution in [2.75, 3.05) is 19.8 Å². The maximum absolute atomic E-state index is 13.0. The van der Waals surface area contributed by atoms with Gasteiger partial charge in [0.25, 0.3) is 6.43 Å². The Balaban J connectivity index is 1.96. The van der Waals surface area contributed by atoms with E-state index in [-0.39, 0.29) is 19.0 Å². The van der Waals surface area contributed by atoms with Crippen LogP contribution < -0.4 is 5.32 Å². The Morgan fingerprint density at radius 2 is 1.95 bits per heavy atom. The van der Waals surface area contributed by atoms with Gasteiger partial charge >= 0.3 is 6.03 Å². The van der Waals surface area contributed by atoms with Gasteiger partial charge in [0.1, 0.15) is 6.04 Å². The summed E-state index contributed by atoms with van der Waals surface area (Å²) < 4.78 is 38.2. The fourth-order valence-electron chi connectivity index (χ4n) is 2.01. The third-order valence-corrected chi connectivity index (χ3v) is 3.15. The highest BCUT2D eigenvalue weighted by Crippen LogP contribution is 2.22. The van der Waals surface area contributed by atoms with Crippen LogP contribution in [0.25, 0.3) is 0 Å². The van der Waals surface area contributed by atoms with Crippen LogP contribution in [-0.2, 0) is 0 Å². The van der Waals surface area contributed by atoms with Crippen LogP contribution in [0.1, 0.15) is 11.6 Å². The van der Waals surface area contributed by atoms with Crippen molar-refractivity contribution in [2.45, 2.75) is 12.5 Å². The van der Waals surface area contributed by atoms with E-state index in [2.05, 4.69) is 5.32 Å². The number of alkyl halides is 3. The Bertz CT molecular complexity index is 421. The molecule has 1 aliphatic rings. The van der Waals surface area contributed by atoms with Gasteiger partial charge in [0.15, 0.2) is 0 Å². The zero-order chi connectivity index (χ0) is 13.8. The molecule has 6 heteroatoms. The largest absolute Gasteiger partial charge is 0.325 e. The number of hydrogen-bond acceptors (Lipinski definition) is 1. The second kappa shape index (κ2) is 5.95. The van der Waals surface area contributed by atoms with Crippen molar-refractivity contribution in [1.82, 2.24) is 10.2 Å². The summed E-state index contributed by atoms with van der Waals surface area (Å²) in [4.78, 5) is 13.1. The van der Waals surface area contributed by atoms with Gasteiger partial charge < -0.3 is 10.2 Å². The third-order valence-electron chi connectivity index (χ3n) is 3.15. The Hall–Kier alpha value is -1.72. The van der Waals surface area contributed by atoms with E-state index in [0.29, 0.717) is 5.56 Å². The standard InChI is InChI=1S/C13H15F3N2O/c14-6-9-7-18(8-9)13(19)17-11(12(15)16)10-4-2-1-3-5-10/h1-5,9,11-12H,6-8H2,(H,17,19). The van der Waals surface area contributed by atoms with E-state index in [4.69, 9.17) is 0 Å². The topological polar surface area (TPSA) is 32.3 Å². The number of nitrogens with one attached hydrogen (secondary N) is 1. The smallest absolute Gasteiger partial charge is 0.318 e. The van der Waals surface area contributed by atoms with Crippen molar-refractivity contribution in [3.05, 3.63) is 35.9 Å². The van der Waals surface area contributed by atoms with E-state index in [0.717, 1.165) is 0 Å². The van der Waals surface area contributed by atoms with Crippen molar-refractivity contribution in [3.63, 3.8) is 0 Å². The van der Waals surface area contributed by atoms with Crippen LogP contribution in [0.5, 0.6) is 0 Å². The number of carbonyl (C=O) groups excluding carboxylic acids is 1. The third kappa shape index (κ3) is 3.19. The molecule has 1 fully saturated rings. The molecule has 1 unspecified atom stereocenters. The number of urea groups is 1. The van der Waals surface area contributed by atoms with E-state index in [1.807, 2.05) is 0 Å². The number of benzene rings is 1. The average molecular weight is 272 g/mol. The molecule has 0 aliphatic carbocycles. The van der Waals surface area contributed by atoms with Crippen LogP contribution in [0, 0.1) is 5.92 Å². The van der Waals surface area contributed by atoms with Crippen LogP contribution in [-0.4, -0.2) is 37.1 Å². The molecule has 3 nitrogen and oxygen atoms in total. The Kier molecular flexibility index (Phi) is 4.29. The fraction of sp³-hybridized carbons (Fsp3) is 0.462. The molecular formula is C13H15F3N2O. The molecule has 0 spiro atoms. The predicted molar refractivity (Wildman–Crippen MR) is 64.8 cm³/mol. The summed E-state index contributed by atoms with van der Waals surface area (Å²) in [5.74, 6) is -0.160. The minimum Gasteiger partial charge on any atom is -0.325 e. The fourth-order valence-corrected chi connectivity index (χ4v) is 2.01. The van der Waals surface area contributed by atoms with Gasteiger partial charge in [-0.2, -0.15) is 0 Å². The minimum atomic E-state index is -2.69. The van der Waals surface area contributed by atoms with Gasteiger partial charge in [-0.3, -0.25) is 4.39 Å². The number of nitrogens with zero attached hydrogens (tertiary/aromatic N) is 1. The number of rotatable bonds is 4. The first-order chi connectivity index (χ1) is 9.11. The molecule has 2 rings (SSSR count). The maximum Gasteiger partial charge on any atom is 0.318 e. The number of amides is 2. The number of hydrogen-bond donors (Lipinski definition) is 1. The molecule has 1 aromatic carbocycles. The monoisotopic (exact) mass is 272 g/mol. The minimum absolute atomic E-state index is 0.160. The van der Waals surface area contributed by atoms with Gasteiger partial charge in [-0.05, 0) is 5.56 Å². The average Bonchev–Trinajstić information content (AvgIpc) is 2.35. The molecule has 2 amide bonds. The molecule has 0 saturated carbocycles. The molecule has 1 atom stereocenters. The lowest BCUT2D eigenvalue weighted by molar-refractivity contribution is 0.0762. The first-order valence-electron chi connectivity index (χ1n) is 6.06. The first-order valence-corrected chi connectivity index (χ1v) is 6.06. The highest BCUT2D eigenvalue weighted by atomic mass is 19.3. The lowest BCUT2D eigenvalue weighted by Crippen LogP contribution is -2.55. The van der Waals surface area contributed by atoms with Crippen LogP contribution >= 0.6 is 0 Å². The van der Waals surface area contributed by atoms with Crippen molar-refractivity contribution in [2.24, 2.45) is 5.92 Å². The van der Waals surface area contributed by atoms with E-state index in [1.165, 1.54) is 17.0 Å². The molecule has 1 saturated heterocycles. The zero-order valence-corrected chi connectivity index (χ0v) is 10.2. The van der Waals surface area contributed by atoms with Gasteiger partial charge in [0.05, 0.1) is 6.67 Å². The van der Waals surface area contributed by atoms with Crippen LogP contribution in [0.2, 0.25) is 0 Å². The Labute approximate surface area is 109 Å². The summed E-state index contributed by atoms with van der Waals surface area (Å²) in [7, 11) is 0. The van der Waals surface area contributed by atoms with E-state index < -0.39 is 25.2 Å². The second-order valence-corrected chi connectivity index (χ2v) is 4.60. The van der Waals surface area contributed by atoms with Gasteiger partial charge in [-0.25, -0.2) is 13.6 Å². The Morgan fingerprint density at radius 1 is 1.32 bits per heavy atom. The van der Waals surface area contributed by atoms with Crippen molar-refractivity contribution >= 4 is 6.03 Å². The quantitative estimate of drug-likeness (QED) is 0.897. The molecule has 1 N–H and O–H groups in total. The summed E-state index contributed by atoms with van der Waals surface area (Å²) in [6.45, 7) is 0.0842. The van der Waals surface area contributed by atoms with Crippen molar-refractivity contribution in [3.8, 4) is 0 Å². The van der Waals surface area contributed by atoms with Crippen LogP contribution in [0.3, 0.4) is 0 Å². The molecule has 0 radical (unpaired) electrons. The summed E-state index contributed by atoms with van der Waals surface area (Å²) in [5.41, 5.74) is 0.355. The van der Waals surface area contributed by atoms with Gasteiger partial charge in [0, 0.05) is 19.0 Å². The van der Waals surface area contributed by atoms with Crippen LogP contribution in [0.4, 0.5) is 18.0 Å². The molecular weight excluding hydrogens is 257 g/mol. The number of halogens is 3. The molecule has 1 heterocycles. The normalized spacial score (nSPS) is 17.2. The van der Waals surface area contributed by atoms with E-state index in [1.54, 1.807) is 18.2 Å². The van der Waals surface area contributed by atoms with Gasteiger partial charge in [-0.1, -0.05) is 30.3 Å². The molecule has 1 aromatic rings. The van der Waals surface area contributed by atoms with E-state index in [9.17, 15) is 18.0 Å². The molecule has 19 heavy (non-hydrogen) atoms. The lowest BCUT2D eigenvalue weighted by atomic mass is 10.0. The molecule has 104 valence electrons. The highest BCUT2D eigenvalue weighted by molar-refractivity contribution is 5.75. The summed E-state index contributed by atoms with van der Waals surface area (Å²) in [6.07, 6.45) is -2.69. The summed E-state index contributed by atoms with van der Waals surface area (Å²) in [5, 5.41) is 2.29. The Morgan fingerprint density at radius 3 is 2.47 bits per heavy atom. The molecule has 0 aromatic heterocycles. The number of carbonyl (C=O) groups is 1. The van der Waals surface area contributed by atoms with Crippen LogP contribution in [0.15, 0.2) is 30.3 Å². The first kappa shape index (κ1) is 13.7.